The fraction of sp³-hybridized carbons (Fsp3) is 0.297. The van der Waals surface area contributed by atoms with E-state index in [4.69, 9.17) is 11.6 Å². The highest BCUT2D eigenvalue weighted by Gasteiger charge is 2.42. The summed E-state index contributed by atoms with van der Waals surface area (Å²) in [7, 11) is -5.70. The predicted octanol–water partition coefficient (Wildman–Crippen LogP) is 8.43. The van der Waals surface area contributed by atoms with Gasteiger partial charge >= 0.3 is 5.97 Å². The summed E-state index contributed by atoms with van der Waals surface area (Å²) < 4.78 is 101. The van der Waals surface area contributed by atoms with E-state index in [0.29, 0.717) is 9.87 Å². The number of rotatable bonds is 11. The number of aromatic hydroxyl groups is 1. The van der Waals surface area contributed by atoms with Gasteiger partial charge in [-0.3, -0.25) is 4.79 Å². The van der Waals surface area contributed by atoms with E-state index in [-0.39, 0.29) is 34.2 Å². The molecule has 1 saturated carbocycles. The standard InChI is InChI=1S/C37H34ClF5N2O6S/c1-19(45(18-20-5-9-25(38)10-6-20)52(50,51)34-32(42)30(40)29(39)31(41)33(34)43)35(47)44(26-11-12-27(36(48)49)28(46)16-26)17-21-13-23(22-7-8-22)15-24(14-21)37(2,3)4/h5-6,9-16,19,22,46H,7-8,17-18H2,1-4H3,(H,48,49)/t19-/m1/s1. The van der Waals surface area contributed by atoms with E-state index in [2.05, 4.69) is 6.07 Å². The molecule has 0 heterocycles. The number of hydrogen-bond acceptors (Lipinski definition) is 5. The number of halogens is 6. The Kier molecular flexibility index (Phi) is 10.8. The van der Waals surface area contributed by atoms with Crippen LogP contribution in [-0.2, 0) is 33.3 Å². The Labute approximate surface area is 302 Å². The molecule has 0 unspecified atom stereocenters. The molecule has 0 aromatic heterocycles. The molecule has 52 heavy (non-hydrogen) atoms. The summed E-state index contributed by atoms with van der Waals surface area (Å²) >= 11 is 5.97. The Bertz CT molecular complexity index is 2140. The van der Waals surface area contributed by atoms with E-state index < -0.39 is 79.8 Å². The van der Waals surface area contributed by atoms with Crippen molar-refractivity contribution in [2.45, 2.75) is 75.9 Å². The molecule has 0 saturated heterocycles. The third kappa shape index (κ3) is 7.79. The summed E-state index contributed by atoms with van der Waals surface area (Å²) in [6, 6.07) is 12.6. The summed E-state index contributed by atoms with van der Waals surface area (Å²) in [6.07, 6.45) is 1.90. The van der Waals surface area contributed by atoms with Crippen molar-refractivity contribution in [3.63, 3.8) is 0 Å². The number of benzene rings is 4. The van der Waals surface area contributed by atoms with Crippen LogP contribution < -0.4 is 4.90 Å². The maximum Gasteiger partial charge on any atom is 0.339 e. The maximum atomic E-state index is 15.1. The van der Waals surface area contributed by atoms with Crippen LogP contribution in [0.4, 0.5) is 27.6 Å². The van der Waals surface area contributed by atoms with Crippen LogP contribution in [0.3, 0.4) is 0 Å². The second kappa shape index (κ2) is 14.5. The molecule has 0 aliphatic heterocycles. The second-order valence-corrected chi connectivity index (χ2v) is 15.9. The van der Waals surface area contributed by atoms with Gasteiger partial charge in [0.2, 0.25) is 21.7 Å². The lowest BCUT2D eigenvalue weighted by Crippen LogP contribution is -2.49. The third-order valence-electron chi connectivity index (χ3n) is 8.84. The van der Waals surface area contributed by atoms with Crippen LogP contribution >= 0.6 is 11.6 Å². The zero-order valence-corrected chi connectivity index (χ0v) is 29.9. The van der Waals surface area contributed by atoms with Crippen LogP contribution in [0.1, 0.15) is 79.1 Å². The largest absolute Gasteiger partial charge is 0.507 e. The minimum absolute atomic E-state index is 0.0754. The van der Waals surface area contributed by atoms with Crippen molar-refractivity contribution in [1.29, 1.82) is 0 Å². The summed E-state index contributed by atoms with van der Waals surface area (Å²) in [6.45, 7) is 6.02. The number of aromatic carboxylic acids is 1. The van der Waals surface area contributed by atoms with E-state index in [0.717, 1.165) is 47.9 Å². The Morgan fingerprint density at radius 3 is 1.94 bits per heavy atom. The van der Waals surface area contributed by atoms with Crippen LogP contribution in [0.25, 0.3) is 0 Å². The van der Waals surface area contributed by atoms with Crippen molar-refractivity contribution in [2.75, 3.05) is 4.90 Å². The minimum Gasteiger partial charge on any atom is -0.507 e. The normalized spacial score (nSPS) is 14.1. The summed E-state index contributed by atoms with van der Waals surface area (Å²) in [5, 5.41) is 20.3. The molecule has 0 bridgehead atoms. The molecule has 5 rings (SSSR count). The lowest BCUT2D eigenvalue weighted by atomic mass is 9.84. The molecule has 4 aromatic carbocycles. The van der Waals surface area contributed by atoms with Crippen LogP contribution in [-0.4, -0.2) is 40.9 Å². The number of phenols is 1. The second-order valence-electron chi connectivity index (χ2n) is 13.7. The molecule has 4 aromatic rings. The molecule has 8 nitrogen and oxygen atoms in total. The molecule has 0 spiro atoms. The Morgan fingerprint density at radius 1 is 0.846 bits per heavy atom. The Hall–Kier alpha value is -4.53. The van der Waals surface area contributed by atoms with E-state index in [1.165, 1.54) is 30.3 Å². The van der Waals surface area contributed by atoms with E-state index >= 15 is 8.78 Å². The van der Waals surface area contributed by atoms with Gasteiger partial charge in [-0.1, -0.05) is 62.7 Å². The topological polar surface area (TPSA) is 115 Å². The van der Waals surface area contributed by atoms with Gasteiger partial charge < -0.3 is 15.1 Å². The lowest BCUT2D eigenvalue weighted by Gasteiger charge is -2.33. The molecule has 1 fully saturated rings. The number of amides is 1. The van der Waals surface area contributed by atoms with Crippen molar-refractivity contribution < 1.29 is 50.2 Å². The molecule has 0 radical (unpaired) electrons. The highest BCUT2D eigenvalue weighted by molar-refractivity contribution is 7.89. The first-order valence-corrected chi connectivity index (χ1v) is 17.8. The quantitative estimate of drug-likeness (QED) is 0.0901. The fourth-order valence-corrected chi connectivity index (χ4v) is 7.54. The molecule has 1 aliphatic carbocycles. The zero-order chi connectivity index (χ0) is 38.4. The van der Waals surface area contributed by atoms with Gasteiger partial charge in [0.15, 0.2) is 28.2 Å². The molecule has 1 aliphatic rings. The van der Waals surface area contributed by atoms with Crippen LogP contribution in [0, 0.1) is 29.1 Å². The van der Waals surface area contributed by atoms with Gasteiger partial charge in [-0.2, -0.15) is 4.31 Å². The van der Waals surface area contributed by atoms with Gasteiger partial charge in [-0.05, 0) is 77.6 Å². The molecule has 1 amide bonds. The van der Waals surface area contributed by atoms with E-state index in [1.807, 2.05) is 32.9 Å². The number of carboxylic acid groups (broad SMARTS) is 1. The van der Waals surface area contributed by atoms with E-state index in [1.54, 1.807) is 0 Å². The number of hydrogen-bond donors (Lipinski definition) is 2. The van der Waals surface area contributed by atoms with Crippen LogP contribution in [0.15, 0.2) is 65.6 Å². The molecular weight excluding hydrogens is 731 g/mol. The first kappa shape index (κ1) is 38.7. The average molecular weight is 765 g/mol. The molecule has 1 atom stereocenters. The Balaban J connectivity index is 1.68. The van der Waals surface area contributed by atoms with Crippen molar-refractivity contribution >= 4 is 39.2 Å². The Morgan fingerprint density at radius 2 is 1.42 bits per heavy atom. The van der Waals surface area contributed by atoms with E-state index in [9.17, 15) is 41.4 Å². The number of nitrogens with zero attached hydrogens (tertiary/aromatic N) is 2. The van der Waals surface area contributed by atoms with Gasteiger partial charge in [0.1, 0.15) is 17.4 Å². The summed E-state index contributed by atoms with van der Waals surface area (Å²) in [5.74, 6) is -15.7. The SMILES string of the molecule is C[C@H](C(=O)N(Cc1cc(C2CC2)cc(C(C)(C)C)c1)c1ccc(C(=O)O)c(O)c1)N(Cc1ccc(Cl)cc1)S(=O)(=O)c1c(F)c(F)c(F)c(F)c1F. The number of sulfonamides is 1. The number of carbonyl (C=O) groups excluding carboxylic acids is 1. The van der Waals surface area contributed by atoms with Gasteiger partial charge in [-0.25, -0.2) is 35.2 Å². The average Bonchev–Trinajstić information content (AvgIpc) is 3.93. The van der Waals surface area contributed by atoms with Gasteiger partial charge in [0, 0.05) is 23.3 Å². The third-order valence-corrected chi connectivity index (χ3v) is 11.0. The molecule has 15 heteroatoms. The number of carbonyl (C=O) groups is 2. The molecule has 2 N–H and O–H groups in total. The summed E-state index contributed by atoms with van der Waals surface area (Å²) in [5.41, 5.74) is 1.75. The molecular formula is C37H34ClF5N2O6S. The predicted molar refractivity (Wildman–Crippen MR) is 183 cm³/mol. The van der Waals surface area contributed by atoms with Crippen molar-refractivity contribution in [2.24, 2.45) is 0 Å². The number of anilines is 1. The minimum atomic E-state index is -5.70. The van der Waals surface area contributed by atoms with Crippen molar-refractivity contribution in [3.05, 3.63) is 123 Å². The van der Waals surface area contributed by atoms with Crippen molar-refractivity contribution in [1.82, 2.24) is 4.31 Å². The van der Waals surface area contributed by atoms with Gasteiger partial charge in [0.25, 0.3) is 0 Å². The number of carboxylic acids is 1. The zero-order valence-electron chi connectivity index (χ0n) is 28.4. The maximum absolute atomic E-state index is 15.1. The lowest BCUT2D eigenvalue weighted by molar-refractivity contribution is -0.122. The fourth-order valence-electron chi connectivity index (χ4n) is 5.72. The molecule has 276 valence electrons. The van der Waals surface area contributed by atoms with Crippen LogP contribution in [0.2, 0.25) is 5.02 Å². The highest BCUT2D eigenvalue weighted by Crippen LogP contribution is 2.42. The first-order valence-electron chi connectivity index (χ1n) is 16.0. The van der Waals surface area contributed by atoms with Gasteiger partial charge in [-0.15, -0.1) is 0 Å². The van der Waals surface area contributed by atoms with Gasteiger partial charge in [0.05, 0.1) is 6.54 Å². The summed E-state index contributed by atoms with van der Waals surface area (Å²) in [4.78, 5) is 25.2. The van der Waals surface area contributed by atoms with Crippen molar-refractivity contribution in [3.8, 4) is 5.75 Å². The van der Waals surface area contributed by atoms with Crippen LogP contribution in [0.5, 0.6) is 5.75 Å². The first-order chi connectivity index (χ1) is 24.2. The monoisotopic (exact) mass is 764 g/mol. The smallest absolute Gasteiger partial charge is 0.339 e. The highest BCUT2D eigenvalue weighted by atomic mass is 35.5.